The molecule has 1 rings (SSSR count). The number of benzene rings is 1. The summed E-state index contributed by atoms with van der Waals surface area (Å²) < 4.78 is 0. The van der Waals surface area contributed by atoms with Crippen molar-refractivity contribution < 1.29 is 15.0 Å². The molecule has 1 amide bonds. The smallest absolute Gasteiger partial charge is 0.217 e. The van der Waals surface area contributed by atoms with Crippen LogP contribution in [0.5, 0.6) is 11.5 Å². The molecule has 1 aromatic carbocycles. The van der Waals surface area contributed by atoms with Gasteiger partial charge in [-0.2, -0.15) is 0 Å². The molecule has 5 heteroatoms. The molecular weight excluding hydrogens is 232 g/mol. The number of carbonyl (C=O) groups is 1. The molecule has 5 nitrogen and oxygen atoms in total. The van der Waals surface area contributed by atoms with Gasteiger partial charge in [-0.15, -0.1) is 0 Å². The van der Waals surface area contributed by atoms with Crippen molar-refractivity contribution in [1.82, 2.24) is 5.32 Å². The van der Waals surface area contributed by atoms with E-state index in [2.05, 4.69) is 5.32 Å². The van der Waals surface area contributed by atoms with Crippen molar-refractivity contribution in [2.75, 3.05) is 6.54 Å². The Morgan fingerprint density at radius 1 is 1.33 bits per heavy atom. The van der Waals surface area contributed by atoms with E-state index in [4.69, 9.17) is 5.73 Å². The lowest BCUT2D eigenvalue weighted by Gasteiger charge is -2.16. The summed E-state index contributed by atoms with van der Waals surface area (Å²) in [6.07, 6.45) is 1.95. The molecule has 0 aliphatic rings. The van der Waals surface area contributed by atoms with Crippen molar-refractivity contribution >= 4 is 5.91 Å². The molecule has 0 saturated carbocycles. The Kier molecular flexibility index (Phi) is 5.45. The molecule has 0 aliphatic carbocycles. The molecule has 0 bridgehead atoms. The number of aromatic hydroxyl groups is 2. The predicted molar refractivity (Wildman–Crippen MR) is 69.2 cm³/mol. The molecule has 1 unspecified atom stereocenters. The van der Waals surface area contributed by atoms with E-state index in [1.54, 1.807) is 18.2 Å². The fourth-order valence-corrected chi connectivity index (χ4v) is 1.83. The number of phenols is 2. The first-order valence-electron chi connectivity index (χ1n) is 6.05. The van der Waals surface area contributed by atoms with Crippen molar-refractivity contribution in [3.8, 4) is 11.5 Å². The number of amides is 1. The molecule has 0 spiro atoms. The second-order valence-electron chi connectivity index (χ2n) is 4.31. The van der Waals surface area contributed by atoms with Crippen molar-refractivity contribution in [1.29, 1.82) is 0 Å². The van der Waals surface area contributed by atoms with E-state index in [1.807, 2.05) is 6.92 Å². The summed E-state index contributed by atoms with van der Waals surface area (Å²) in [5, 5.41) is 22.5. The van der Waals surface area contributed by atoms with Gasteiger partial charge in [0, 0.05) is 12.5 Å². The van der Waals surface area contributed by atoms with Crippen LogP contribution in [0.15, 0.2) is 18.2 Å². The van der Waals surface area contributed by atoms with Gasteiger partial charge in [0.15, 0.2) is 0 Å². The summed E-state index contributed by atoms with van der Waals surface area (Å²) >= 11 is 0. The summed E-state index contributed by atoms with van der Waals surface area (Å²) in [5.74, 6) is -0.138. The highest BCUT2D eigenvalue weighted by molar-refractivity contribution is 5.73. The van der Waals surface area contributed by atoms with Crippen LogP contribution in [-0.4, -0.2) is 22.7 Å². The van der Waals surface area contributed by atoms with Crippen LogP contribution in [0.3, 0.4) is 0 Å². The number of nitrogens with one attached hydrogen (secondary N) is 1. The van der Waals surface area contributed by atoms with E-state index < -0.39 is 0 Å². The van der Waals surface area contributed by atoms with Gasteiger partial charge in [-0.05, 0) is 38.4 Å². The maximum Gasteiger partial charge on any atom is 0.217 e. The van der Waals surface area contributed by atoms with Gasteiger partial charge in [-0.25, -0.2) is 0 Å². The number of hydrogen-bond donors (Lipinski definition) is 4. The molecule has 0 radical (unpaired) electrons. The lowest BCUT2D eigenvalue weighted by Crippen LogP contribution is -2.20. The standard InChI is InChI=1S/C13H20N2O3/c1-9(15-8-3-2-7-12(14)18)13-10(16)5-4-6-11(13)17/h4-6,9,15-17H,2-3,7-8H2,1H3,(H2,14,18). The highest BCUT2D eigenvalue weighted by Crippen LogP contribution is 2.31. The van der Waals surface area contributed by atoms with Gasteiger partial charge in [0.25, 0.3) is 0 Å². The molecule has 0 aromatic heterocycles. The molecule has 5 N–H and O–H groups in total. The Balaban J connectivity index is 2.41. The topological polar surface area (TPSA) is 95.6 Å². The van der Waals surface area contributed by atoms with Crippen LogP contribution in [0, 0.1) is 0 Å². The zero-order chi connectivity index (χ0) is 13.5. The Morgan fingerprint density at radius 3 is 2.50 bits per heavy atom. The maximum absolute atomic E-state index is 10.5. The molecular formula is C13H20N2O3. The van der Waals surface area contributed by atoms with Crippen LogP contribution in [0.4, 0.5) is 0 Å². The molecule has 1 atom stereocenters. The first-order valence-corrected chi connectivity index (χ1v) is 6.05. The van der Waals surface area contributed by atoms with E-state index in [9.17, 15) is 15.0 Å². The first-order chi connectivity index (χ1) is 8.52. The quantitative estimate of drug-likeness (QED) is 0.552. The van der Waals surface area contributed by atoms with E-state index >= 15 is 0 Å². The molecule has 0 aliphatic heterocycles. The van der Waals surface area contributed by atoms with Gasteiger partial charge in [-0.3, -0.25) is 4.79 Å². The molecule has 0 heterocycles. The predicted octanol–water partition coefficient (Wildman–Crippen LogP) is 1.40. The monoisotopic (exact) mass is 252 g/mol. The number of hydrogen-bond acceptors (Lipinski definition) is 4. The van der Waals surface area contributed by atoms with Gasteiger partial charge >= 0.3 is 0 Å². The second-order valence-corrected chi connectivity index (χ2v) is 4.31. The largest absolute Gasteiger partial charge is 0.507 e. The normalized spacial score (nSPS) is 12.3. The van der Waals surface area contributed by atoms with E-state index in [0.717, 1.165) is 12.8 Å². The lowest BCUT2D eigenvalue weighted by atomic mass is 10.1. The van der Waals surface area contributed by atoms with Crippen LogP contribution in [0.25, 0.3) is 0 Å². The minimum Gasteiger partial charge on any atom is -0.507 e. The van der Waals surface area contributed by atoms with Crippen LogP contribution < -0.4 is 11.1 Å². The summed E-state index contributed by atoms with van der Waals surface area (Å²) in [4.78, 5) is 10.5. The lowest BCUT2D eigenvalue weighted by molar-refractivity contribution is -0.118. The van der Waals surface area contributed by atoms with Crippen LogP contribution in [0.1, 0.15) is 37.8 Å². The van der Waals surface area contributed by atoms with Crippen molar-refractivity contribution in [3.63, 3.8) is 0 Å². The first kappa shape index (κ1) is 14.3. The number of unbranched alkanes of at least 4 members (excludes halogenated alkanes) is 1. The molecule has 0 fully saturated rings. The summed E-state index contributed by atoms with van der Waals surface area (Å²) in [6, 6.07) is 4.52. The van der Waals surface area contributed by atoms with Gasteiger partial charge in [0.2, 0.25) is 5.91 Å². The number of rotatable bonds is 7. The fraction of sp³-hybridized carbons (Fsp3) is 0.462. The van der Waals surface area contributed by atoms with Crippen LogP contribution in [-0.2, 0) is 4.79 Å². The Bertz CT molecular complexity index is 387. The summed E-state index contributed by atoms with van der Waals surface area (Å²) in [7, 11) is 0. The fourth-order valence-electron chi connectivity index (χ4n) is 1.83. The third-order valence-corrected chi connectivity index (χ3v) is 2.79. The average Bonchev–Trinajstić information content (AvgIpc) is 2.27. The van der Waals surface area contributed by atoms with Crippen molar-refractivity contribution in [3.05, 3.63) is 23.8 Å². The highest BCUT2D eigenvalue weighted by atomic mass is 16.3. The zero-order valence-corrected chi connectivity index (χ0v) is 10.5. The molecule has 1 aromatic rings. The minimum absolute atomic E-state index is 0.0761. The van der Waals surface area contributed by atoms with E-state index in [1.165, 1.54) is 0 Å². The van der Waals surface area contributed by atoms with Gasteiger partial charge in [0.05, 0.1) is 5.56 Å². The number of carbonyl (C=O) groups excluding carboxylic acids is 1. The zero-order valence-electron chi connectivity index (χ0n) is 10.5. The Morgan fingerprint density at radius 2 is 1.94 bits per heavy atom. The van der Waals surface area contributed by atoms with Crippen LogP contribution in [0.2, 0.25) is 0 Å². The minimum atomic E-state index is -0.290. The third-order valence-electron chi connectivity index (χ3n) is 2.79. The van der Waals surface area contributed by atoms with E-state index in [-0.39, 0.29) is 23.4 Å². The van der Waals surface area contributed by atoms with Crippen molar-refractivity contribution in [2.24, 2.45) is 5.73 Å². The number of nitrogens with two attached hydrogens (primary N) is 1. The van der Waals surface area contributed by atoms with Gasteiger partial charge in [-0.1, -0.05) is 6.07 Å². The Hall–Kier alpha value is -1.75. The van der Waals surface area contributed by atoms with Gasteiger partial charge < -0.3 is 21.3 Å². The molecule has 18 heavy (non-hydrogen) atoms. The number of primary amides is 1. The molecule has 100 valence electrons. The molecule has 0 saturated heterocycles. The maximum atomic E-state index is 10.5. The average molecular weight is 252 g/mol. The second kappa shape index (κ2) is 6.86. The summed E-state index contributed by atoms with van der Waals surface area (Å²) in [5.41, 5.74) is 5.53. The highest BCUT2D eigenvalue weighted by Gasteiger charge is 2.13. The van der Waals surface area contributed by atoms with Crippen molar-refractivity contribution in [2.45, 2.75) is 32.2 Å². The number of phenolic OH excluding ortho intramolecular Hbond substituents is 2. The van der Waals surface area contributed by atoms with E-state index in [0.29, 0.717) is 18.5 Å². The van der Waals surface area contributed by atoms with Crippen LogP contribution >= 0.6 is 0 Å². The Labute approximate surface area is 107 Å². The third kappa shape index (κ3) is 4.25. The SMILES string of the molecule is CC(NCCCCC(N)=O)c1c(O)cccc1O. The summed E-state index contributed by atoms with van der Waals surface area (Å²) in [6.45, 7) is 2.56. The van der Waals surface area contributed by atoms with Gasteiger partial charge in [0.1, 0.15) is 11.5 Å².